The minimum Gasteiger partial charge on any atom is -0.393 e. The van der Waals surface area contributed by atoms with E-state index < -0.39 is 0 Å². The van der Waals surface area contributed by atoms with E-state index in [0.29, 0.717) is 6.42 Å². The highest BCUT2D eigenvalue weighted by atomic mass is 16.6. The van der Waals surface area contributed by atoms with Gasteiger partial charge in [0.05, 0.1) is 12.3 Å². The molecule has 0 bridgehead atoms. The molecule has 1 heterocycles. The molecule has 0 spiro atoms. The zero-order chi connectivity index (χ0) is 13.9. The fourth-order valence-electron chi connectivity index (χ4n) is 2.62. The molecule has 110 valence electrons. The molecule has 1 aliphatic heterocycles. The first kappa shape index (κ1) is 16.2. The minimum atomic E-state index is -0.345. The number of ether oxygens (including phenoxy) is 1. The van der Waals surface area contributed by atoms with E-state index in [1.165, 1.54) is 57.8 Å². The van der Waals surface area contributed by atoms with Crippen molar-refractivity contribution >= 4 is 11.9 Å². The van der Waals surface area contributed by atoms with E-state index in [2.05, 4.69) is 11.7 Å². The van der Waals surface area contributed by atoms with Gasteiger partial charge in [0, 0.05) is 0 Å². The SMILES string of the molecule is CCCCCCCCCCCC[C@H]1CC(=O)OC1=O. The van der Waals surface area contributed by atoms with Gasteiger partial charge >= 0.3 is 11.9 Å². The van der Waals surface area contributed by atoms with Crippen molar-refractivity contribution in [1.29, 1.82) is 0 Å². The molecule has 0 N–H and O–H groups in total. The predicted molar refractivity (Wildman–Crippen MR) is 75.7 cm³/mol. The van der Waals surface area contributed by atoms with Gasteiger partial charge in [-0.25, -0.2) is 0 Å². The summed E-state index contributed by atoms with van der Waals surface area (Å²) >= 11 is 0. The van der Waals surface area contributed by atoms with E-state index >= 15 is 0 Å². The molecule has 0 amide bonds. The first-order chi connectivity index (χ1) is 9.24. The van der Waals surface area contributed by atoms with Gasteiger partial charge in [-0.1, -0.05) is 71.1 Å². The summed E-state index contributed by atoms with van der Waals surface area (Å²) in [7, 11) is 0. The van der Waals surface area contributed by atoms with Crippen LogP contribution >= 0.6 is 0 Å². The van der Waals surface area contributed by atoms with Crippen LogP contribution in [0.15, 0.2) is 0 Å². The number of hydrogen-bond donors (Lipinski definition) is 0. The third-order valence-corrected chi connectivity index (χ3v) is 3.87. The molecule has 0 aliphatic carbocycles. The molecule has 0 aromatic heterocycles. The van der Waals surface area contributed by atoms with Gasteiger partial charge in [-0.2, -0.15) is 0 Å². The third-order valence-electron chi connectivity index (χ3n) is 3.87. The maximum absolute atomic E-state index is 11.2. The van der Waals surface area contributed by atoms with E-state index in [1.807, 2.05) is 0 Å². The summed E-state index contributed by atoms with van der Waals surface area (Å²) in [4.78, 5) is 22.1. The average Bonchev–Trinajstić information content (AvgIpc) is 2.70. The Hall–Kier alpha value is -0.860. The zero-order valence-corrected chi connectivity index (χ0v) is 12.3. The van der Waals surface area contributed by atoms with Crippen LogP contribution in [0.3, 0.4) is 0 Å². The van der Waals surface area contributed by atoms with Gasteiger partial charge in [0.1, 0.15) is 0 Å². The van der Waals surface area contributed by atoms with Gasteiger partial charge in [0.15, 0.2) is 0 Å². The Morgan fingerprint density at radius 1 is 0.895 bits per heavy atom. The van der Waals surface area contributed by atoms with Crippen molar-refractivity contribution in [3.8, 4) is 0 Å². The molecule has 0 radical (unpaired) electrons. The van der Waals surface area contributed by atoms with Crippen molar-refractivity contribution in [2.45, 2.75) is 84.0 Å². The lowest BCUT2D eigenvalue weighted by atomic mass is 9.99. The normalized spacial score (nSPS) is 18.9. The van der Waals surface area contributed by atoms with E-state index in [9.17, 15) is 9.59 Å². The molecule has 0 aromatic carbocycles. The van der Waals surface area contributed by atoms with Crippen LogP contribution in [-0.2, 0) is 14.3 Å². The van der Waals surface area contributed by atoms with E-state index in [4.69, 9.17) is 0 Å². The van der Waals surface area contributed by atoms with Crippen LogP contribution in [0.5, 0.6) is 0 Å². The van der Waals surface area contributed by atoms with Crippen molar-refractivity contribution in [1.82, 2.24) is 0 Å². The largest absolute Gasteiger partial charge is 0.393 e. The van der Waals surface area contributed by atoms with Gasteiger partial charge in [-0.3, -0.25) is 9.59 Å². The molecule has 1 aliphatic rings. The second-order valence-electron chi connectivity index (χ2n) is 5.66. The number of cyclic esters (lactones) is 2. The van der Waals surface area contributed by atoms with E-state index in [0.717, 1.165) is 12.8 Å². The lowest BCUT2D eigenvalue weighted by Gasteiger charge is -2.04. The van der Waals surface area contributed by atoms with Gasteiger partial charge in [-0.05, 0) is 6.42 Å². The second-order valence-corrected chi connectivity index (χ2v) is 5.66. The Bertz CT molecular complexity index is 273. The molecular formula is C16H28O3. The van der Waals surface area contributed by atoms with Crippen LogP contribution in [-0.4, -0.2) is 11.9 Å². The van der Waals surface area contributed by atoms with Gasteiger partial charge in [-0.15, -0.1) is 0 Å². The third kappa shape index (κ3) is 7.34. The smallest absolute Gasteiger partial charge is 0.317 e. The lowest BCUT2D eigenvalue weighted by molar-refractivity contribution is -0.153. The first-order valence-electron chi connectivity index (χ1n) is 7.98. The van der Waals surface area contributed by atoms with Gasteiger partial charge in [0.25, 0.3) is 0 Å². The highest BCUT2D eigenvalue weighted by molar-refractivity contribution is 5.94. The molecule has 3 nitrogen and oxygen atoms in total. The fraction of sp³-hybridized carbons (Fsp3) is 0.875. The Morgan fingerprint density at radius 3 is 1.89 bits per heavy atom. The van der Waals surface area contributed by atoms with Crippen LogP contribution in [0.4, 0.5) is 0 Å². The topological polar surface area (TPSA) is 43.4 Å². The number of unbranched alkanes of at least 4 members (excludes halogenated alkanes) is 9. The Balaban J connectivity index is 1.84. The second kappa shape index (κ2) is 9.99. The van der Waals surface area contributed by atoms with Crippen molar-refractivity contribution in [2.24, 2.45) is 5.92 Å². The molecule has 0 saturated carbocycles. The van der Waals surface area contributed by atoms with Crippen LogP contribution in [0.1, 0.15) is 84.0 Å². The van der Waals surface area contributed by atoms with E-state index in [-0.39, 0.29) is 17.9 Å². The van der Waals surface area contributed by atoms with Crippen molar-refractivity contribution in [3.63, 3.8) is 0 Å². The number of esters is 2. The summed E-state index contributed by atoms with van der Waals surface area (Å²) in [5.74, 6) is -0.801. The summed E-state index contributed by atoms with van der Waals surface area (Å²) in [6, 6.07) is 0. The Labute approximate surface area is 117 Å². The summed E-state index contributed by atoms with van der Waals surface area (Å²) in [6.07, 6.45) is 14.1. The summed E-state index contributed by atoms with van der Waals surface area (Å²) in [5, 5.41) is 0. The molecule has 0 aromatic rings. The molecule has 3 heteroatoms. The standard InChI is InChI=1S/C16H28O3/c1-2-3-4-5-6-7-8-9-10-11-12-14-13-15(17)19-16(14)18/h14H,2-13H2,1H3/t14-/m0/s1. The number of hydrogen-bond acceptors (Lipinski definition) is 3. The maximum Gasteiger partial charge on any atom is 0.317 e. The molecule has 1 atom stereocenters. The van der Waals surface area contributed by atoms with Crippen LogP contribution in [0, 0.1) is 5.92 Å². The fourth-order valence-corrected chi connectivity index (χ4v) is 2.62. The Morgan fingerprint density at radius 2 is 1.42 bits per heavy atom. The monoisotopic (exact) mass is 268 g/mol. The molecular weight excluding hydrogens is 240 g/mol. The minimum absolute atomic E-state index is 0.151. The van der Waals surface area contributed by atoms with Crippen LogP contribution in [0.25, 0.3) is 0 Å². The van der Waals surface area contributed by atoms with Crippen molar-refractivity contribution < 1.29 is 14.3 Å². The molecule has 1 rings (SSSR count). The van der Waals surface area contributed by atoms with E-state index in [1.54, 1.807) is 0 Å². The maximum atomic E-state index is 11.2. The van der Waals surface area contributed by atoms with Crippen molar-refractivity contribution in [2.75, 3.05) is 0 Å². The highest BCUT2D eigenvalue weighted by Crippen LogP contribution is 2.22. The van der Waals surface area contributed by atoms with Gasteiger partial charge < -0.3 is 4.74 Å². The zero-order valence-electron chi connectivity index (χ0n) is 12.3. The lowest BCUT2D eigenvalue weighted by Crippen LogP contribution is -2.06. The molecule has 1 fully saturated rings. The average molecular weight is 268 g/mol. The highest BCUT2D eigenvalue weighted by Gasteiger charge is 2.32. The quantitative estimate of drug-likeness (QED) is 0.317. The summed E-state index contributed by atoms with van der Waals surface area (Å²) in [6.45, 7) is 2.24. The first-order valence-corrected chi connectivity index (χ1v) is 7.98. The summed E-state index contributed by atoms with van der Waals surface area (Å²) < 4.78 is 4.54. The van der Waals surface area contributed by atoms with Gasteiger partial charge in [0.2, 0.25) is 0 Å². The van der Waals surface area contributed by atoms with Crippen LogP contribution in [0.2, 0.25) is 0 Å². The molecule has 1 saturated heterocycles. The van der Waals surface area contributed by atoms with Crippen molar-refractivity contribution in [3.05, 3.63) is 0 Å². The summed E-state index contributed by atoms with van der Waals surface area (Å²) in [5.41, 5.74) is 0. The van der Waals surface area contributed by atoms with Crippen LogP contribution < -0.4 is 0 Å². The predicted octanol–water partition coefficient (Wildman–Crippen LogP) is 4.39. The Kier molecular flexibility index (Phi) is 8.52. The number of rotatable bonds is 11. The number of carbonyl (C=O) groups is 2. The molecule has 19 heavy (non-hydrogen) atoms. The number of carbonyl (C=O) groups excluding carboxylic acids is 2. The molecule has 0 unspecified atom stereocenters.